The molecule has 28 heavy (non-hydrogen) atoms. The van der Waals surface area contributed by atoms with Crippen LogP contribution >= 0.6 is 0 Å². The van der Waals surface area contributed by atoms with Crippen LogP contribution in [0.25, 0.3) is 0 Å². The van der Waals surface area contributed by atoms with E-state index >= 15 is 0 Å². The molecule has 0 aromatic carbocycles. The van der Waals surface area contributed by atoms with Gasteiger partial charge in [0.2, 0.25) is 0 Å². The lowest BCUT2D eigenvalue weighted by molar-refractivity contribution is -0.0104. The van der Waals surface area contributed by atoms with Crippen molar-refractivity contribution in [3.05, 3.63) is 12.2 Å². The van der Waals surface area contributed by atoms with Gasteiger partial charge in [-0.05, 0) is 97.7 Å². The topological polar surface area (TPSA) is 0 Å². The third kappa shape index (κ3) is 5.07. The third-order valence-electron chi connectivity index (χ3n) is 9.48. The smallest absolute Gasteiger partial charge is 0.0262 e. The maximum atomic E-state index is 2.72. The summed E-state index contributed by atoms with van der Waals surface area (Å²) in [6.45, 7) is 15.1. The maximum absolute atomic E-state index is 2.72. The van der Waals surface area contributed by atoms with Crippen molar-refractivity contribution in [2.75, 3.05) is 0 Å². The van der Waals surface area contributed by atoms with Gasteiger partial charge in [0, 0.05) is 0 Å². The Kier molecular flexibility index (Phi) is 7.77. The fourth-order valence-electron chi connectivity index (χ4n) is 7.79. The fourth-order valence-corrected chi connectivity index (χ4v) is 7.79. The first-order valence-corrected chi connectivity index (χ1v) is 13.0. The number of hydrogen-bond acceptors (Lipinski definition) is 0. The highest BCUT2D eigenvalue weighted by molar-refractivity contribution is 5.05. The predicted molar refractivity (Wildman–Crippen MR) is 124 cm³/mol. The highest BCUT2D eigenvalue weighted by Crippen LogP contribution is 2.62. The van der Waals surface area contributed by atoms with Gasteiger partial charge in [-0.2, -0.15) is 0 Å². The Bertz CT molecular complexity index is 502. The van der Waals surface area contributed by atoms with Gasteiger partial charge in [0.1, 0.15) is 0 Å². The Morgan fingerprint density at radius 3 is 2.50 bits per heavy atom. The van der Waals surface area contributed by atoms with Crippen molar-refractivity contribution in [1.29, 1.82) is 0 Å². The molecule has 0 nitrogen and oxygen atoms in total. The van der Waals surface area contributed by atoms with Crippen molar-refractivity contribution < 1.29 is 0 Å². The first kappa shape index (κ1) is 22.4. The fraction of sp³-hybridized carbons (Fsp3) is 0.929. The van der Waals surface area contributed by atoms with Gasteiger partial charge in [0.25, 0.3) is 0 Å². The van der Waals surface area contributed by atoms with Crippen LogP contribution in [0.4, 0.5) is 0 Å². The molecule has 3 aliphatic carbocycles. The van der Waals surface area contributed by atoms with Crippen LogP contribution < -0.4 is 0 Å². The second kappa shape index (κ2) is 9.70. The lowest BCUT2D eigenvalue weighted by atomic mass is 9.54. The molecule has 8 atom stereocenters. The average Bonchev–Trinajstić information content (AvgIpc) is 2.98. The molecular formula is C28H50. The zero-order valence-electron chi connectivity index (χ0n) is 20.1. The van der Waals surface area contributed by atoms with Crippen LogP contribution in [0.3, 0.4) is 0 Å². The molecule has 3 aliphatic rings. The second-order valence-corrected chi connectivity index (χ2v) is 12.1. The van der Waals surface area contributed by atoms with E-state index in [-0.39, 0.29) is 0 Å². The van der Waals surface area contributed by atoms with Gasteiger partial charge in [0.05, 0.1) is 0 Å². The van der Waals surface area contributed by atoms with Crippen LogP contribution in [0.5, 0.6) is 0 Å². The molecule has 0 spiro atoms. The average molecular weight is 387 g/mol. The summed E-state index contributed by atoms with van der Waals surface area (Å²) in [6.07, 6.45) is 21.3. The molecular weight excluding hydrogens is 336 g/mol. The number of rotatable bonds is 5. The lowest BCUT2D eigenvalue weighted by Gasteiger charge is -2.50. The Morgan fingerprint density at radius 2 is 1.75 bits per heavy atom. The summed E-state index contributed by atoms with van der Waals surface area (Å²) in [7, 11) is 0. The second-order valence-electron chi connectivity index (χ2n) is 12.1. The van der Waals surface area contributed by atoms with E-state index < -0.39 is 0 Å². The molecule has 0 bridgehead atoms. The highest BCUT2D eigenvalue weighted by atomic mass is 14.6. The zero-order valence-corrected chi connectivity index (χ0v) is 20.1. The molecule has 0 heterocycles. The van der Waals surface area contributed by atoms with Crippen LogP contribution in [0.2, 0.25) is 0 Å². The maximum Gasteiger partial charge on any atom is -0.0262 e. The molecule has 0 aromatic heterocycles. The highest BCUT2D eigenvalue weighted by Gasteiger charge is 2.54. The van der Waals surface area contributed by atoms with Gasteiger partial charge in [-0.25, -0.2) is 0 Å². The van der Waals surface area contributed by atoms with Crippen molar-refractivity contribution in [2.24, 2.45) is 52.8 Å². The molecule has 0 aliphatic heterocycles. The van der Waals surface area contributed by atoms with Crippen molar-refractivity contribution >= 4 is 0 Å². The standard InChI is InChI=1S/C28H50/c1-20(2)9-7-11-23(5)26-15-16-27-25-12-8-10-21(3)13-14-22(4)19-24(25)17-18-28(26,27)6/h8,10,20-27H,7,9,11-19H2,1-6H3/b10-8-. The van der Waals surface area contributed by atoms with E-state index in [1.807, 2.05) is 0 Å². The minimum absolute atomic E-state index is 0.630. The summed E-state index contributed by atoms with van der Waals surface area (Å²) in [5, 5.41) is 0. The molecule has 2 fully saturated rings. The first-order chi connectivity index (χ1) is 13.3. The van der Waals surface area contributed by atoms with Gasteiger partial charge in [-0.15, -0.1) is 0 Å². The summed E-state index contributed by atoms with van der Waals surface area (Å²) >= 11 is 0. The predicted octanol–water partition coefficient (Wildman–Crippen LogP) is 8.91. The van der Waals surface area contributed by atoms with E-state index in [1.165, 1.54) is 70.6 Å². The molecule has 0 aromatic rings. The number of fused-ring (bicyclic) bond motifs is 3. The summed E-state index contributed by atoms with van der Waals surface area (Å²) < 4.78 is 0. The summed E-state index contributed by atoms with van der Waals surface area (Å²) in [6, 6.07) is 0. The van der Waals surface area contributed by atoms with Gasteiger partial charge in [-0.1, -0.05) is 79.4 Å². The molecule has 0 radical (unpaired) electrons. The Labute approximate surface area is 177 Å². The monoisotopic (exact) mass is 386 g/mol. The third-order valence-corrected chi connectivity index (χ3v) is 9.48. The van der Waals surface area contributed by atoms with Crippen molar-refractivity contribution in [1.82, 2.24) is 0 Å². The van der Waals surface area contributed by atoms with E-state index in [0.717, 1.165) is 47.3 Å². The van der Waals surface area contributed by atoms with Gasteiger partial charge >= 0.3 is 0 Å². The molecule has 8 unspecified atom stereocenters. The van der Waals surface area contributed by atoms with E-state index in [1.54, 1.807) is 0 Å². The molecule has 0 N–H and O–H groups in total. The van der Waals surface area contributed by atoms with Crippen molar-refractivity contribution in [3.63, 3.8) is 0 Å². The SMILES string of the molecule is CC(C)CCCC(C)C1CCC2C3C/C=C\C(C)CCC(C)CC3CCC12C. The number of hydrogen-bond donors (Lipinski definition) is 0. The molecule has 0 saturated heterocycles. The van der Waals surface area contributed by atoms with Crippen LogP contribution in [0.1, 0.15) is 112 Å². The molecule has 162 valence electrons. The first-order valence-electron chi connectivity index (χ1n) is 13.0. The molecule has 2 saturated carbocycles. The van der Waals surface area contributed by atoms with Crippen LogP contribution in [0.15, 0.2) is 12.2 Å². The van der Waals surface area contributed by atoms with Gasteiger partial charge < -0.3 is 0 Å². The molecule has 0 amide bonds. The van der Waals surface area contributed by atoms with Crippen LogP contribution in [-0.4, -0.2) is 0 Å². The van der Waals surface area contributed by atoms with E-state index in [4.69, 9.17) is 0 Å². The summed E-state index contributed by atoms with van der Waals surface area (Å²) in [4.78, 5) is 0. The Hall–Kier alpha value is -0.260. The van der Waals surface area contributed by atoms with E-state index in [2.05, 4.69) is 53.7 Å². The van der Waals surface area contributed by atoms with E-state index in [9.17, 15) is 0 Å². The van der Waals surface area contributed by atoms with E-state index in [0.29, 0.717) is 5.41 Å². The quantitative estimate of drug-likeness (QED) is 0.414. The van der Waals surface area contributed by atoms with Crippen LogP contribution in [0, 0.1) is 52.8 Å². The Balaban J connectivity index is 1.71. The zero-order chi connectivity index (χ0) is 20.3. The van der Waals surface area contributed by atoms with Crippen molar-refractivity contribution in [2.45, 2.75) is 112 Å². The lowest BCUT2D eigenvalue weighted by Crippen LogP contribution is -2.43. The van der Waals surface area contributed by atoms with Crippen molar-refractivity contribution in [3.8, 4) is 0 Å². The largest absolute Gasteiger partial charge is 0.0880 e. The van der Waals surface area contributed by atoms with Crippen LogP contribution in [-0.2, 0) is 0 Å². The number of allylic oxidation sites excluding steroid dienone is 2. The molecule has 0 heteroatoms. The minimum atomic E-state index is 0.630. The minimum Gasteiger partial charge on any atom is -0.0880 e. The Morgan fingerprint density at radius 1 is 0.964 bits per heavy atom. The normalized spacial score (nSPS) is 44.0. The summed E-state index contributed by atoms with van der Waals surface area (Å²) in [5.74, 6) is 7.46. The summed E-state index contributed by atoms with van der Waals surface area (Å²) in [5.41, 5.74) is 0.630. The molecule has 3 rings (SSSR count). The van der Waals surface area contributed by atoms with Gasteiger partial charge in [-0.3, -0.25) is 0 Å². The van der Waals surface area contributed by atoms with Gasteiger partial charge in [0.15, 0.2) is 0 Å².